The van der Waals surface area contributed by atoms with Gasteiger partial charge in [0, 0.05) is 18.0 Å². The van der Waals surface area contributed by atoms with Gasteiger partial charge < -0.3 is 5.32 Å². The van der Waals surface area contributed by atoms with Crippen LogP contribution in [-0.4, -0.2) is 11.5 Å². The molecule has 0 saturated heterocycles. The second-order valence-corrected chi connectivity index (χ2v) is 6.94. The van der Waals surface area contributed by atoms with Gasteiger partial charge in [-0.25, -0.2) is 4.98 Å². The predicted octanol–water partition coefficient (Wildman–Crippen LogP) is 4.00. The molecular formula is C12H12Br2N2S. The molecule has 17 heavy (non-hydrogen) atoms. The van der Waals surface area contributed by atoms with E-state index < -0.39 is 0 Å². The summed E-state index contributed by atoms with van der Waals surface area (Å²) in [6.45, 7) is 1.78. The zero-order valence-corrected chi connectivity index (χ0v) is 13.1. The number of hydrogen-bond donors (Lipinski definition) is 1. The minimum absolute atomic E-state index is 0.811. The number of nitrogens with one attached hydrogen (secondary N) is 1. The zero-order chi connectivity index (χ0) is 12.1. The molecule has 0 fully saturated rings. The highest BCUT2D eigenvalue weighted by Gasteiger charge is 1.98. The summed E-state index contributed by atoms with van der Waals surface area (Å²) >= 11 is 8.63. The lowest BCUT2D eigenvalue weighted by Crippen LogP contribution is -2.17. The first-order chi connectivity index (χ1) is 8.24. The van der Waals surface area contributed by atoms with E-state index in [1.165, 1.54) is 8.66 Å². The summed E-state index contributed by atoms with van der Waals surface area (Å²) in [4.78, 5) is 5.77. The lowest BCUT2D eigenvalue weighted by molar-refractivity contribution is 0.677. The van der Waals surface area contributed by atoms with Crippen LogP contribution in [-0.2, 0) is 13.0 Å². The molecule has 2 aromatic heterocycles. The Bertz CT molecular complexity index is 485. The predicted molar refractivity (Wildman–Crippen MR) is 79.4 cm³/mol. The Hall–Kier alpha value is -0.230. The van der Waals surface area contributed by atoms with E-state index in [0.717, 1.165) is 29.8 Å². The molecule has 90 valence electrons. The average Bonchev–Trinajstić information content (AvgIpc) is 2.71. The molecule has 0 aromatic carbocycles. The van der Waals surface area contributed by atoms with Crippen molar-refractivity contribution in [2.24, 2.45) is 0 Å². The summed E-state index contributed by atoms with van der Waals surface area (Å²) in [6.07, 6.45) is 1.06. The quantitative estimate of drug-likeness (QED) is 0.631. The Morgan fingerprint density at radius 3 is 2.76 bits per heavy atom. The summed E-state index contributed by atoms with van der Waals surface area (Å²) < 4.78 is 2.08. The lowest BCUT2D eigenvalue weighted by atomic mass is 10.3. The van der Waals surface area contributed by atoms with Crippen LogP contribution in [0.2, 0.25) is 0 Å². The molecule has 0 aliphatic carbocycles. The van der Waals surface area contributed by atoms with Gasteiger partial charge in [0.05, 0.1) is 9.48 Å². The summed E-state index contributed by atoms with van der Waals surface area (Å²) in [5.41, 5.74) is 1.06. The summed E-state index contributed by atoms with van der Waals surface area (Å²) in [5, 5.41) is 3.39. The maximum Gasteiger partial charge on any atom is 0.106 e. The van der Waals surface area contributed by atoms with Gasteiger partial charge in [-0.3, -0.25) is 0 Å². The van der Waals surface area contributed by atoms with Crippen LogP contribution in [0.5, 0.6) is 0 Å². The van der Waals surface area contributed by atoms with E-state index in [-0.39, 0.29) is 0 Å². The van der Waals surface area contributed by atoms with Crippen LogP contribution >= 0.6 is 43.2 Å². The molecule has 2 aromatic rings. The number of pyridine rings is 1. The summed E-state index contributed by atoms with van der Waals surface area (Å²) in [6, 6.07) is 10.2. The van der Waals surface area contributed by atoms with Crippen LogP contribution in [0, 0.1) is 0 Å². The van der Waals surface area contributed by atoms with Crippen molar-refractivity contribution < 1.29 is 0 Å². The molecule has 2 rings (SSSR count). The van der Waals surface area contributed by atoms with Crippen molar-refractivity contribution >= 4 is 43.2 Å². The highest BCUT2D eigenvalue weighted by Crippen LogP contribution is 2.22. The number of thiophene rings is 1. The monoisotopic (exact) mass is 374 g/mol. The third-order valence-corrected chi connectivity index (χ3v) is 4.38. The molecule has 1 N–H and O–H groups in total. The molecule has 2 nitrogen and oxygen atoms in total. The van der Waals surface area contributed by atoms with E-state index in [9.17, 15) is 0 Å². The van der Waals surface area contributed by atoms with Gasteiger partial charge in [0.2, 0.25) is 0 Å². The van der Waals surface area contributed by atoms with Gasteiger partial charge in [0.25, 0.3) is 0 Å². The normalized spacial score (nSPS) is 10.7. The van der Waals surface area contributed by atoms with Gasteiger partial charge in [0.1, 0.15) is 4.60 Å². The number of aromatic nitrogens is 1. The van der Waals surface area contributed by atoms with Gasteiger partial charge in [-0.05, 0) is 62.5 Å². The Kier molecular flexibility index (Phi) is 5.16. The fourth-order valence-electron chi connectivity index (χ4n) is 1.46. The Morgan fingerprint density at radius 1 is 1.18 bits per heavy atom. The second kappa shape index (κ2) is 6.64. The maximum absolute atomic E-state index is 4.37. The highest BCUT2D eigenvalue weighted by atomic mass is 79.9. The first-order valence-electron chi connectivity index (χ1n) is 5.30. The third kappa shape index (κ3) is 4.50. The van der Waals surface area contributed by atoms with E-state index in [0.29, 0.717) is 0 Å². The second-order valence-electron chi connectivity index (χ2n) is 3.58. The lowest BCUT2D eigenvalue weighted by Gasteiger charge is -2.03. The van der Waals surface area contributed by atoms with Crippen LogP contribution in [0.4, 0.5) is 0 Å². The number of rotatable bonds is 5. The smallest absolute Gasteiger partial charge is 0.106 e. The molecule has 2 heterocycles. The van der Waals surface area contributed by atoms with Crippen molar-refractivity contribution in [3.8, 4) is 0 Å². The molecule has 0 unspecified atom stereocenters. The van der Waals surface area contributed by atoms with Crippen LogP contribution in [0.1, 0.15) is 10.6 Å². The molecule has 0 aliphatic heterocycles. The molecule has 0 bridgehead atoms. The van der Waals surface area contributed by atoms with Crippen LogP contribution in [0.25, 0.3) is 0 Å². The molecule has 5 heteroatoms. The number of halogens is 2. The van der Waals surface area contributed by atoms with Crippen molar-refractivity contribution in [3.05, 3.63) is 49.3 Å². The highest BCUT2D eigenvalue weighted by molar-refractivity contribution is 9.11. The van der Waals surface area contributed by atoms with E-state index >= 15 is 0 Å². The first-order valence-corrected chi connectivity index (χ1v) is 7.70. The first kappa shape index (κ1) is 13.2. The standard InChI is InChI=1S/C12H12Br2N2S/c13-11-3-1-2-9(16-11)8-15-7-6-10-4-5-12(14)17-10/h1-5,15H,6-8H2. The average molecular weight is 376 g/mol. The minimum Gasteiger partial charge on any atom is -0.311 e. The van der Waals surface area contributed by atoms with Gasteiger partial charge in [-0.1, -0.05) is 6.07 Å². The van der Waals surface area contributed by atoms with Gasteiger partial charge in [-0.2, -0.15) is 0 Å². The fraction of sp³-hybridized carbons (Fsp3) is 0.250. The Balaban J connectivity index is 1.73. The van der Waals surface area contributed by atoms with E-state index in [4.69, 9.17) is 0 Å². The van der Waals surface area contributed by atoms with Crippen molar-refractivity contribution in [2.45, 2.75) is 13.0 Å². The molecule has 0 atom stereocenters. The van der Waals surface area contributed by atoms with Crippen LogP contribution in [0.3, 0.4) is 0 Å². The van der Waals surface area contributed by atoms with Crippen molar-refractivity contribution in [1.29, 1.82) is 0 Å². The number of hydrogen-bond acceptors (Lipinski definition) is 3. The Labute approximate surface area is 122 Å². The molecule has 0 amide bonds. The fourth-order valence-corrected chi connectivity index (χ4v) is 3.33. The van der Waals surface area contributed by atoms with Gasteiger partial charge in [-0.15, -0.1) is 11.3 Å². The number of nitrogens with zero attached hydrogens (tertiary/aromatic N) is 1. The van der Waals surface area contributed by atoms with Crippen molar-refractivity contribution in [3.63, 3.8) is 0 Å². The van der Waals surface area contributed by atoms with Crippen LogP contribution < -0.4 is 5.32 Å². The van der Waals surface area contributed by atoms with E-state index in [1.807, 2.05) is 18.2 Å². The SMILES string of the molecule is Brc1cccc(CNCCc2ccc(Br)s2)n1. The van der Waals surface area contributed by atoms with Crippen molar-refractivity contribution in [1.82, 2.24) is 10.3 Å². The summed E-state index contributed by atoms with van der Waals surface area (Å²) in [5.74, 6) is 0. The van der Waals surface area contributed by atoms with Crippen molar-refractivity contribution in [2.75, 3.05) is 6.54 Å². The largest absolute Gasteiger partial charge is 0.311 e. The zero-order valence-electron chi connectivity index (χ0n) is 9.12. The summed E-state index contributed by atoms with van der Waals surface area (Å²) in [7, 11) is 0. The van der Waals surface area contributed by atoms with Crippen LogP contribution in [0.15, 0.2) is 38.7 Å². The molecule has 0 radical (unpaired) electrons. The third-order valence-electron chi connectivity index (χ3n) is 2.26. The Morgan fingerprint density at radius 2 is 2.06 bits per heavy atom. The van der Waals surface area contributed by atoms with E-state index in [1.54, 1.807) is 11.3 Å². The van der Waals surface area contributed by atoms with Gasteiger partial charge in [0.15, 0.2) is 0 Å². The topological polar surface area (TPSA) is 24.9 Å². The molecule has 0 aliphatic rings. The van der Waals surface area contributed by atoms with Gasteiger partial charge >= 0.3 is 0 Å². The minimum atomic E-state index is 0.811. The van der Waals surface area contributed by atoms with E-state index in [2.05, 4.69) is 54.3 Å². The maximum atomic E-state index is 4.37. The molecule has 0 spiro atoms. The molecule has 0 saturated carbocycles. The molecular weight excluding hydrogens is 364 g/mol.